The second kappa shape index (κ2) is 8.38. The highest BCUT2D eigenvalue weighted by Gasteiger charge is 2.27. The highest BCUT2D eigenvalue weighted by molar-refractivity contribution is 7.89. The first-order valence-corrected chi connectivity index (χ1v) is 10.5. The molecule has 1 fully saturated rings. The van der Waals surface area contributed by atoms with Gasteiger partial charge in [0.2, 0.25) is 15.9 Å². The molecule has 2 N–H and O–H groups in total. The highest BCUT2D eigenvalue weighted by atomic mass is 32.2. The van der Waals surface area contributed by atoms with E-state index in [2.05, 4.69) is 15.5 Å². The summed E-state index contributed by atoms with van der Waals surface area (Å²) in [6.07, 6.45) is 0.609. The van der Waals surface area contributed by atoms with E-state index < -0.39 is 15.8 Å². The van der Waals surface area contributed by atoms with Gasteiger partial charge in [0.1, 0.15) is 5.82 Å². The van der Waals surface area contributed by atoms with Crippen LogP contribution in [0.3, 0.4) is 0 Å². The van der Waals surface area contributed by atoms with Gasteiger partial charge < -0.3 is 5.32 Å². The molecule has 10 heteroatoms. The molecule has 1 aliphatic heterocycles. The van der Waals surface area contributed by atoms with Crippen molar-refractivity contribution in [3.8, 4) is 0 Å². The number of amides is 1. The van der Waals surface area contributed by atoms with Gasteiger partial charge in [-0.2, -0.15) is 9.40 Å². The molecule has 0 spiro atoms. The lowest BCUT2D eigenvalue weighted by Gasteiger charge is -2.21. The minimum Gasteiger partial charge on any atom is -0.322 e. The molecule has 0 atom stereocenters. The Balaban J connectivity index is 1.60. The molecule has 1 aromatic carbocycles. The van der Waals surface area contributed by atoms with Crippen LogP contribution in [-0.4, -0.2) is 66.5 Å². The fourth-order valence-corrected chi connectivity index (χ4v) is 4.69. The number of anilines is 1. The third-order valence-corrected chi connectivity index (χ3v) is 6.67. The minimum atomic E-state index is -3.68. The van der Waals surface area contributed by atoms with Crippen LogP contribution in [0.2, 0.25) is 0 Å². The van der Waals surface area contributed by atoms with Crippen molar-refractivity contribution in [2.75, 3.05) is 38.0 Å². The number of hydrogen-bond acceptors (Lipinski definition) is 5. The number of carbonyl (C=O) groups excluding carboxylic acids is 1. The van der Waals surface area contributed by atoms with Crippen molar-refractivity contribution in [3.05, 3.63) is 41.5 Å². The van der Waals surface area contributed by atoms with Crippen LogP contribution >= 0.6 is 0 Å². The first-order valence-electron chi connectivity index (χ1n) is 9.07. The maximum absolute atomic E-state index is 13.1. The van der Waals surface area contributed by atoms with Crippen LogP contribution in [-0.2, 0) is 14.8 Å². The topological polar surface area (TPSA) is 98.4 Å². The fourth-order valence-electron chi connectivity index (χ4n) is 3.22. The molecule has 0 bridgehead atoms. The Labute approximate surface area is 163 Å². The van der Waals surface area contributed by atoms with Gasteiger partial charge in [0.15, 0.2) is 0 Å². The molecule has 2 aromatic rings. The van der Waals surface area contributed by atoms with Crippen LogP contribution in [0.25, 0.3) is 0 Å². The number of carbonyl (C=O) groups is 1. The Hall–Kier alpha value is -2.30. The smallest absolute Gasteiger partial charge is 0.243 e. The number of nitrogens with one attached hydrogen (secondary N) is 2. The lowest BCUT2D eigenvalue weighted by Crippen LogP contribution is -2.38. The highest BCUT2D eigenvalue weighted by Crippen LogP contribution is 2.19. The predicted octanol–water partition coefficient (Wildman–Crippen LogP) is 1.50. The molecular formula is C18H24FN5O3S. The minimum absolute atomic E-state index is 0.0750. The zero-order valence-corrected chi connectivity index (χ0v) is 16.7. The molecule has 1 saturated heterocycles. The van der Waals surface area contributed by atoms with Gasteiger partial charge >= 0.3 is 0 Å². The van der Waals surface area contributed by atoms with Gasteiger partial charge in [0, 0.05) is 19.6 Å². The second-order valence-electron chi connectivity index (χ2n) is 6.84. The van der Waals surface area contributed by atoms with Crippen LogP contribution < -0.4 is 5.32 Å². The molecule has 0 radical (unpaired) electrons. The summed E-state index contributed by atoms with van der Waals surface area (Å²) in [5, 5.41) is 9.73. The molecule has 0 unspecified atom stereocenters. The quantitative estimate of drug-likeness (QED) is 0.780. The fraction of sp³-hybridized carbons (Fsp3) is 0.444. The number of hydrogen-bond donors (Lipinski definition) is 2. The van der Waals surface area contributed by atoms with Crippen molar-refractivity contribution in [3.63, 3.8) is 0 Å². The third kappa shape index (κ3) is 4.57. The molecular weight excluding hydrogens is 385 g/mol. The number of aromatic amines is 1. The summed E-state index contributed by atoms with van der Waals surface area (Å²) in [4.78, 5) is 14.4. The molecule has 8 nitrogen and oxygen atoms in total. The van der Waals surface area contributed by atoms with E-state index >= 15 is 0 Å². The number of rotatable bonds is 5. The van der Waals surface area contributed by atoms with E-state index in [0.717, 1.165) is 23.5 Å². The molecule has 3 rings (SSSR count). The van der Waals surface area contributed by atoms with E-state index in [1.54, 1.807) is 0 Å². The Morgan fingerprint density at radius 1 is 1.18 bits per heavy atom. The SMILES string of the molecule is Cc1n[nH]c(C)c1NC(=O)CN1CCCN(S(=O)(=O)c2ccc(F)cc2)CC1. The number of halogens is 1. The van der Waals surface area contributed by atoms with Crippen molar-refractivity contribution in [2.24, 2.45) is 0 Å². The standard InChI is InChI=1S/C18H24FN5O3S/c1-13-18(14(2)22-21-13)20-17(25)12-23-8-3-9-24(11-10-23)28(26,27)16-6-4-15(19)5-7-16/h4-7H,3,8-12H2,1-2H3,(H,20,25)(H,21,22). The molecule has 2 heterocycles. The van der Waals surface area contributed by atoms with Gasteiger partial charge in [0.25, 0.3) is 0 Å². The number of sulfonamides is 1. The van der Waals surface area contributed by atoms with Crippen LogP contribution in [0, 0.1) is 19.7 Å². The van der Waals surface area contributed by atoms with Crippen LogP contribution in [0.15, 0.2) is 29.2 Å². The van der Waals surface area contributed by atoms with Crippen molar-refractivity contribution in [1.82, 2.24) is 19.4 Å². The van der Waals surface area contributed by atoms with Crippen LogP contribution in [0.1, 0.15) is 17.8 Å². The van der Waals surface area contributed by atoms with E-state index in [9.17, 15) is 17.6 Å². The molecule has 152 valence electrons. The zero-order valence-electron chi connectivity index (χ0n) is 15.9. The van der Waals surface area contributed by atoms with Gasteiger partial charge in [-0.15, -0.1) is 0 Å². The number of aryl methyl sites for hydroxylation is 2. The summed E-state index contributed by atoms with van der Waals surface area (Å²) in [5.41, 5.74) is 2.19. The van der Waals surface area contributed by atoms with Crippen LogP contribution in [0.4, 0.5) is 10.1 Å². The van der Waals surface area contributed by atoms with Crippen molar-refractivity contribution in [1.29, 1.82) is 0 Å². The van der Waals surface area contributed by atoms with Crippen molar-refractivity contribution >= 4 is 21.6 Å². The van der Waals surface area contributed by atoms with E-state index in [1.807, 2.05) is 18.7 Å². The summed E-state index contributed by atoms with van der Waals surface area (Å²) >= 11 is 0. The summed E-state index contributed by atoms with van der Waals surface area (Å²) in [6, 6.07) is 4.83. The summed E-state index contributed by atoms with van der Waals surface area (Å²) in [6.45, 7) is 5.51. The number of aromatic nitrogens is 2. The number of nitrogens with zero attached hydrogens (tertiary/aromatic N) is 3. The molecule has 28 heavy (non-hydrogen) atoms. The first kappa shape index (κ1) is 20.4. The summed E-state index contributed by atoms with van der Waals surface area (Å²) in [7, 11) is -3.68. The number of benzene rings is 1. The Kier molecular flexibility index (Phi) is 6.11. The van der Waals surface area contributed by atoms with Gasteiger partial charge in [0.05, 0.1) is 28.5 Å². The van der Waals surface area contributed by atoms with E-state index in [4.69, 9.17) is 0 Å². The molecule has 1 amide bonds. The molecule has 1 aromatic heterocycles. The molecule has 0 aliphatic carbocycles. The third-order valence-electron chi connectivity index (χ3n) is 4.76. The van der Waals surface area contributed by atoms with Gasteiger partial charge in [-0.05, 0) is 51.1 Å². The van der Waals surface area contributed by atoms with Crippen molar-refractivity contribution in [2.45, 2.75) is 25.2 Å². The molecule has 0 saturated carbocycles. The largest absolute Gasteiger partial charge is 0.322 e. The Morgan fingerprint density at radius 3 is 2.54 bits per heavy atom. The molecule has 1 aliphatic rings. The van der Waals surface area contributed by atoms with Gasteiger partial charge in [-0.1, -0.05) is 0 Å². The summed E-state index contributed by atoms with van der Waals surface area (Å²) in [5.74, 6) is -0.641. The monoisotopic (exact) mass is 409 g/mol. The Morgan fingerprint density at radius 2 is 1.89 bits per heavy atom. The lowest BCUT2D eigenvalue weighted by atomic mass is 10.3. The predicted molar refractivity (Wildman–Crippen MR) is 103 cm³/mol. The Bertz CT molecular complexity index is 923. The zero-order chi connectivity index (χ0) is 20.3. The maximum atomic E-state index is 13.1. The average molecular weight is 409 g/mol. The van der Waals surface area contributed by atoms with Gasteiger partial charge in [-0.25, -0.2) is 12.8 Å². The van der Waals surface area contributed by atoms with E-state index in [0.29, 0.717) is 31.7 Å². The maximum Gasteiger partial charge on any atom is 0.243 e. The van der Waals surface area contributed by atoms with Crippen molar-refractivity contribution < 1.29 is 17.6 Å². The summed E-state index contributed by atoms with van der Waals surface area (Å²) < 4.78 is 40.0. The van der Waals surface area contributed by atoms with E-state index in [-0.39, 0.29) is 23.9 Å². The second-order valence-corrected chi connectivity index (χ2v) is 8.78. The average Bonchev–Trinajstić information content (AvgIpc) is 2.85. The van der Waals surface area contributed by atoms with Crippen LogP contribution in [0.5, 0.6) is 0 Å². The first-order chi connectivity index (χ1) is 13.3. The normalized spacial score (nSPS) is 16.7. The van der Waals surface area contributed by atoms with E-state index in [1.165, 1.54) is 16.4 Å². The lowest BCUT2D eigenvalue weighted by molar-refractivity contribution is -0.117. The van der Waals surface area contributed by atoms with Gasteiger partial charge in [-0.3, -0.25) is 14.8 Å². The number of H-pyrrole nitrogens is 1.